The van der Waals surface area contributed by atoms with Gasteiger partial charge in [-0.05, 0) is 39.2 Å². The molecule has 106 valence electrons. The minimum atomic E-state index is 0.614. The first-order valence-corrected chi connectivity index (χ1v) is 7.47. The van der Waals surface area contributed by atoms with Crippen LogP contribution in [-0.4, -0.2) is 36.1 Å². The van der Waals surface area contributed by atoms with E-state index in [9.17, 15) is 0 Å². The number of hydrogen-bond acceptors (Lipinski definition) is 4. The molecule has 1 aliphatic rings. The van der Waals surface area contributed by atoms with Gasteiger partial charge in [0, 0.05) is 30.9 Å². The molecular formula is C15H26N4. The average molecular weight is 262 g/mol. The molecule has 0 aliphatic carbocycles. The fraction of sp³-hybridized carbons (Fsp3) is 0.733. The van der Waals surface area contributed by atoms with E-state index in [0.29, 0.717) is 6.04 Å². The van der Waals surface area contributed by atoms with E-state index in [0.717, 1.165) is 37.7 Å². The summed E-state index contributed by atoms with van der Waals surface area (Å²) in [5.74, 6) is 1.90. The van der Waals surface area contributed by atoms with Crippen molar-refractivity contribution in [2.45, 2.75) is 45.6 Å². The van der Waals surface area contributed by atoms with Crippen LogP contribution in [0.1, 0.15) is 38.8 Å². The maximum atomic E-state index is 4.43. The number of aromatic nitrogens is 2. The smallest absolute Gasteiger partial charge is 0.132 e. The monoisotopic (exact) mass is 262 g/mol. The highest BCUT2D eigenvalue weighted by Gasteiger charge is 2.23. The Kier molecular flexibility index (Phi) is 5.14. The van der Waals surface area contributed by atoms with Crippen LogP contribution in [-0.2, 0) is 6.42 Å². The Morgan fingerprint density at radius 1 is 1.37 bits per heavy atom. The maximum Gasteiger partial charge on any atom is 0.132 e. The number of rotatable bonds is 5. The highest BCUT2D eigenvalue weighted by Crippen LogP contribution is 2.24. The van der Waals surface area contributed by atoms with Crippen LogP contribution in [0.15, 0.2) is 12.4 Å². The minimum absolute atomic E-state index is 0.614. The fourth-order valence-electron chi connectivity index (χ4n) is 2.82. The number of hydrogen-bond donors (Lipinski definition) is 1. The van der Waals surface area contributed by atoms with Gasteiger partial charge in [-0.1, -0.05) is 13.3 Å². The molecular weight excluding hydrogens is 236 g/mol. The summed E-state index contributed by atoms with van der Waals surface area (Å²) in [4.78, 5) is 11.2. The number of anilines is 1. The molecule has 0 amide bonds. The van der Waals surface area contributed by atoms with Gasteiger partial charge in [-0.15, -0.1) is 0 Å². The van der Waals surface area contributed by atoms with E-state index >= 15 is 0 Å². The van der Waals surface area contributed by atoms with Gasteiger partial charge in [-0.2, -0.15) is 0 Å². The molecule has 1 aliphatic heterocycles. The van der Waals surface area contributed by atoms with Crippen molar-refractivity contribution in [3.05, 3.63) is 18.1 Å². The van der Waals surface area contributed by atoms with Crippen molar-refractivity contribution in [3.63, 3.8) is 0 Å². The molecule has 1 N–H and O–H groups in total. The van der Waals surface area contributed by atoms with Gasteiger partial charge in [0.15, 0.2) is 0 Å². The molecule has 1 aromatic heterocycles. The highest BCUT2D eigenvalue weighted by molar-refractivity contribution is 5.39. The van der Waals surface area contributed by atoms with E-state index in [4.69, 9.17) is 0 Å². The summed E-state index contributed by atoms with van der Waals surface area (Å²) in [6.45, 7) is 6.69. The van der Waals surface area contributed by atoms with Crippen LogP contribution in [0.5, 0.6) is 0 Å². The summed E-state index contributed by atoms with van der Waals surface area (Å²) >= 11 is 0. The van der Waals surface area contributed by atoms with Gasteiger partial charge in [0.25, 0.3) is 0 Å². The largest absolute Gasteiger partial charge is 0.356 e. The molecule has 0 radical (unpaired) electrons. The summed E-state index contributed by atoms with van der Waals surface area (Å²) in [5, 5.41) is 3.37. The Hall–Kier alpha value is -1.16. The number of aryl methyl sites for hydroxylation is 1. The highest BCUT2D eigenvalue weighted by atomic mass is 15.2. The Bertz CT molecular complexity index is 385. The van der Waals surface area contributed by atoms with Gasteiger partial charge >= 0.3 is 0 Å². The Balaban J connectivity index is 1.95. The lowest BCUT2D eigenvalue weighted by molar-refractivity contribution is 0.323. The second-order valence-electron chi connectivity index (χ2n) is 5.52. The molecule has 4 nitrogen and oxygen atoms in total. The normalized spacial score (nSPS) is 18.6. The molecule has 19 heavy (non-hydrogen) atoms. The molecule has 1 fully saturated rings. The molecule has 0 saturated carbocycles. The topological polar surface area (TPSA) is 41.0 Å². The lowest BCUT2D eigenvalue weighted by atomic mass is 9.90. The van der Waals surface area contributed by atoms with E-state index in [-0.39, 0.29) is 0 Å². The first kappa shape index (κ1) is 14.3. The van der Waals surface area contributed by atoms with Crippen molar-refractivity contribution in [3.8, 4) is 0 Å². The predicted molar refractivity (Wildman–Crippen MR) is 79.5 cm³/mol. The zero-order valence-electron chi connectivity index (χ0n) is 12.4. The number of piperidine rings is 1. The van der Waals surface area contributed by atoms with Crippen molar-refractivity contribution in [2.75, 3.05) is 25.0 Å². The molecule has 0 bridgehead atoms. The lowest BCUT2D eigenvalue weighted by Gasteiger charge is -2.35. The van der Waals surface area contributed by atoms with Gasteiger partial charge < -0.3 is 10.2 Å². The second kappa shape index (κ2) is 6.85. The summed E-state index contributed by atoms with van der Waals surface area (Å²) in [5.41, 5.74) is 1.17. The van der Waals surface area contributed by atoms with E-state index < -0.39 is 0 Å². The molecule has 1 unspecified atom stereocenters. The summed E-state index contributed by atoms with van der Waals surface area (Å²) in [6.07, 6.45) is 6.38. The van der Waals surface area contributed by atoms with Crippen LogP contribution in [0.2, 0.25) is 0 Å². The van der Waals surface area contributed by atoms with E-state index in [1.165, 1.54) is 18.5 Å². The van der Waals surface area contributed by atoms with Crippen molar-refractivity contribution < 1.29 is 0 Å². The van der Waals surface area contributed by atoms with Crippen molar-refractivity contribution >= 4 is 5.82 Å². The average Bonchev–Trinajstić information content (AvgIpc) is 2.47. The van der Waals surface area contributed by atoms with Crippen LogP contribution in [0.4, 0.5) is 5.82 Å². The first-order chi connectivity index (χ1) is 9.24. The predicted octanol–water partition coefficient (Wildman–Crippen LogP) is 2.25. The third-order valence-corrected chi connectivity index (χ3v) is 4.24. The fourth-order valence-corrected chi connectivity index (χ4v) is 2.82. The van der Waals surface area contributed by atoms with Crippen molar-refractivity contribution in [1.82, 2.24) is 15.3 Å². The minimum Gasteiger partial charge on any atom is -0.356 e. The molecule has 1 atom stereocenters. The maximum absolute atomic E-state index is 4.43. The van der Waals surface area contributed by atoms with Gasteiger partial charge in [0.1, 0.15) is 12.1 Å². The standard InChI is InChI=1S/C15H26N4/c1-4-5-14-10-15(18-11-17-14)19-8-6-13(7-9-19)12(2)16-3/h10-13,16H,4-9H2,1-3H3. The van der Waals surface area contributed by atoms with Crippen LogP contribution < -0.4 is 10.2 Å². The van der Waals surface area contributed by atoms with E-state index in [1.54, 1.807) is 6.33 Å². The number of nitrogens with one attached hydrogen (secondary N) is 1. The lowest BCUT2D eigenvalue weighted by Crippen LogP contribution is -2.41. The molecule has 0 spiro atoms. The van der Waals surface area contributed by atoms with Gasteiger partial charge in [0.2, 0.25) is 0 Å². The zero-order valence-corrected chi connectivity index (χ0v) is 12.4. The number of nitrogens with zero attached hydrogens (tertiary/aromatic N) is 3. The van der Waals surface area contributed by atoms with Crippen LogP contribution in [0.25, 0.3) is 0 Å². The zero-order chi connectivity index (χ0) is 13.7. The summed E-state index contributed by atoms with van der Waals surface area (Å²) < 4.78 is 0. The molecule has 4 heteroatoms. The van der Waals surface area contributed by atoms with Gasteiger partial charge in [0.05, 0.1) is 0 Å². The van der Waals surface area contributed by atoms with E-state index in [2.05, 4.69) is 47.1 Å². The summed E-state index contributed by atoms with van der Waals surface area (Å²) in [7, 11) is 2.05. The Morgan fingerprint density at radius 2 is 2.11 bits per heavy atom. The molecule has 2 heterocycles. The van der Waals surface area contributed by atoms with Crippen molar-refractivity contribution in [1.29, 1.82) is 0 Å². The Morgan fingerprint density at radius 3 is 2.74 bits per heavy atom. The molecule has 2 rings (SSSR count). The third kappa shape index (κ3) is 3.66. The molecule has 1 aromatic rings. The molecule has 1 saturated heterocycles. The third-order valence-electron chi connectivity index (χ3n) is 4.24. The molecule has 0 aromatic carbocycles. The second-order valence-corrected chi connectivity index (χ2v) is 5.52. The van der Waals surface area contributed by atoms with Gasteiger partial charge in [-0.25, -0.2) is 9.97 Å². The SMILES string of the molecule is CCCc1cc(N2CCC(C(C)NC)CC2)ncn1. The van der Waals surface area contributed by atoms with E-state index in [1.807, 2.05) is 0 Å². The van der Waals surface area contributed by atoms with Crippen LogP contribution in [0, 0.1) is 5.92 Å². The van der Waals surface area contributed by atoms with Crippen molar-refractivity contribution in [2.24, 2.45) is 5.92 Å². The first-order valence-electron chi connectivity index (χ1n) is 7.47. The Labute approximate surface area is 116 Å². The van der Waals surface area contributed by atoms with Crippen LogP contribution in [0.3, 0.4) is 0 Å². The quantitative estimate of drug-likeness (QED) is 0.883. The summed E-state index contributed by atoms with van der Waals surface area (Å²) in [6, 6.07) is 2.77. The van der Waals surface area contributed by atoms with Crippen LogP contribution >= 0.6 is 0 Å². The van der Waals surface area contributed by atoms with Gasteiger partial charge in [-0.3, -0.25) is 0 Å².